The maximum atomic E-state index is 13.6. The lowest BCUT2D eigenvalue weighted by atomic mass is 9.95. The molecular formula is C25H24N2O6S. The number of phenolic OH excluding ortho intramolecular Hbond substituents is 1. The number of aromatic nitrogens is 1. The fourth-order valence-electron chi connectivity index (χ4n) is 3.85. The molecule has 176 valence electrons. The summed E-state index contributed by atoms with van der Waals surface area (Å²) < 4.78 is 17.8. The number of hydrogen-bond acceptors (Lipinski definition) is 8. The summed E-state index contributed by atoms with van der Waals surface area (Å²) in [5, 5.41) is 9.87. The number of allylic oxidation sites excluding steroid dienone is 1. The summed E-state index contributed by atoms with van der Waals surface area (Å²) in [6.07, 6.45) is 1.71. The van der Waals surface area contributed by atoms with Crippen molar-refractivity contribution in [3.63, 3.8) is 0 Å². The largest absolute Gasteiger partial charge is 0.504 e. The number of fused-ring (bicyclic) bond motifs is 1. The molecule has 1 aromatic heterocycles. The molecular weight excluding hydrogens is 456 g/mol. The van der Waals surface area contributed by atoms with Gasteiger partial charge in [0.15, 0.2) is 16.3 Å². The van der Waals surface area contributed by atoms with Crippen molar-refractivity contribution in [2.45, 2.75) is 19.9 Å². The second kappa shape index (κ2) is 9.56. The zero-order chi connectivity index (χ0) is 24.4. The number of phenols is 1. The lowest BCUT2D eigenvalue weighted by Crippen LogP contribution is -2.39. The van der Waals surface area contributed by atoms with Gasteiger partial charge in [0, 0.05) is 0 Å². The highest BCUT2D eigenvalue weighted by molar-refractivity contribution is 7.07. The number of hydrogen-bond donors (Lipinski definition) is 1. The Morgan fingerprint density at radius 1 is 1.21 bits per heavy atom. The lowest BCUT2D eigenvalue weighted by Gasteiger charge is -2.25. The molecule has 1 N–H and O–H groups in total. The second-order valence-corrected chi connectivity index (χ2v) is 8.52. The summed E-state index contributed by atoms with van der Waals surface area (Å²) in [5.41, 5.74) is 1.89. The second-order valence-electron chi connectivity index (χ2n) is 7.51. The Hall–Kier alpha value is -3.85. The standard InChI is InChI=1S/C25H24N2O6S/c1-5-33-24(30)21-14(2)26-25-27(22(21)16-7-6-8-17(13-16)31-3)23(29)20(34-25)12-15-9-10-18(28)19(11-15)32-4/h6-13,22,28H,5H2,1-4H3/b20-12+. The van der Waals surface area contributed by atoms with Crippen molar-refractivity contribution in [3.8, 4) is 17.2 Å². The summed E-state index contributed by atoms with van der Waals surface area (Å²) in [4.78, 5) is 31.6. The number of rotatable bonds is 6. The van der Waals surface area contributed by atoms with E-state index in [1.807, 2.05) is 12.1 Å². The van der Waals surface area contributed by atoms with Crippen molar-refractivity contribution in [2.75, 3.05) is 20.8 Å². The summed E-state index contributed by atoms with van der Waals surface area (Å²) in [5.74, 6) is 0.396. The van der Waals surface area contributed by atoms with Crippen LogP contribution in [-0.2, 0) is 9.53 Å². The van der Waals surface area contributed by atoms with Gasteiger partial charge < -0.3 is 19.3 Å². The Balaban J connectivity index is 1.95. The summed E-state index contributed by atoms with van der Waals surface area (Å²) in [6, 6.07) is 11.4. The van der Waals surface area contributed by atoms with E-state index in [0.717, 1.165) is 0 Å². The van der Waals surface area contributed by atoms with Gasteiger partial charge in [-0.15, -0.1) is 0 Å². The topological polar surface area (TPSA) is 99.4 Å². The molecule has 9 heteroatoms. The van der Waals surface area contributed by atoms with Crippen molar-refractivity contribution < 1.29 is 24.1 Å². The quantitative estimate of drug-likeness (QED) is 0.545. The minimum absolute atomic E-state index is 0.00818. The SMILES string of the molecule is CCOC(=O)C1=C(C)N=c2s/c(=C/c3ccc(O)c(OC)c3)c(=O)n2C1c1cccc(OC)c1. The molecule has 0 saturated heterocycles. The van der Waals surface area contributed by atoms with E-state index in [9.17, 15) is 14.7 Å². The Bertz CT molecular complexity index is 1470. The average molecular weight is 481 g/mol. The van der Waals surface area contributed by atoms with Crippen LogP contribution in [0.4, 0.5) is 0 Å². The van der Waals surface area contributed by atoms with Gasteiger partial charge in [-0.2, -0.15) is 0 Å². The molecule has 1 aliphatic heterocycles. The molecule has 0 saturated carbocycles. The van der Waals surface area contributed by atoms with Crippen molar-refractivity contribution >= 4 is 23.4 Å². The molecule has 8 nitrogen and oxygen atoms in total. The molecule has 3 aromatic rings. The fraction of sp³-hybridized carbons (Fsp3) is 0.240. The first-order chi connectivity index (χ1) is 16.4. The predicted octanol–water partition coefficient (Wildman–Crippen LogP) is 2.52. The molecule has 1 atom stereocenters. The van der Waals surface area contributed by atoms with Crippen LogP contribution in [0.2, 0.25) is 0 Å². The molecule has 1 aliphatic rings. The molecule has 2 heterocycles. The van der Waals surface area contributed by atoms with E-state index in [-0.39, 0.29) is 17.9 Å². The maximum Gasteiger partial charge on any atom is 0.338 e. The van der Waals surface area contributed by atoms with E-state index in [2.05, 4.69) is 4.99 Å². The first kappa shape index (κ1) is 23.3. The predicted molar refractivity (Wildman–Crippen MR) is 128 cm³/mol. The van der Waals surface area contributed by atoms with Gasteiger partial charge in [0.1, 0.15) is 5.75 Å². The van der Waals surface area contributed by atoms with E-state index in [1.54, 1.807) is 51.3 Å². The Labute approximate surface area is 199 Å². The van der Waals surface area contributed by atoms with Crippen LogP contribution in [0.25, 0.3) is 6.08 Å². The number of esters is 1. The molecule has 4 rings (SSSR count). The van der Waals surface area contributed by atoms with Gasteiger partial charge in [0.05, 0.1) is 42.7 Å². The van der Waals surface area contributed by atoms with Crippen LogP contribution in [0.3, 0.4) is 0 Å². The van der Waals surface area contributed by atoms with Crippen LogP contribution in [-0.4, -0.2) is 36.5 Å². The van der Waals surface area contributed by atoms with Gasteiger partial charge in [-0.1, -0.05) is 29.5 Å². The third-order valence-corrected chi connectivity index (χ3v) is 6.41. The van der Waals surface area contributed by atoms with Crippen LogP contribution in [0.5, 0.6) is 17.2 Å². The number of nitrogens with zero attached hydrogens (tertiary/aromatic N) is 2. The Kier molecular flexibility index (Phi) is 6.56. The molecule has 0 amide bonds. The number of thiazole rings is 1. The fourth-order valence-corrected chi connectivity index (χ4v) is 4.90. The number of carbonyl (C=O) groups is 1. The van der Waals surface area contributed by atoms with Crippen LogP contribution in [0, 0.1) is 0 Å². The van der Waals surface area contributed by atoms with Gasteiger partial charge in [0.25, 0.3) is 5.56 Å². The van der Waals surface area contributed by atoms with E-state index in [4.69, 9.17) is 14.2 Å². The van der Waals surface area contributed by atoms with Crippen molar-refractivity contribution in [1.29, 1.82) is 0 Å². The van der Waals surface area contributed by atoms with Gasteiger partial charge >= 0.3 is 5.97 Å². The Morgan fingerprint density at radius 3 is 2.71 bits per heavy atom. The molecule has 1 unspecified atom stereocenters. The van der Waals surface area contributed by atoms with Gasteiger partial charge in [-0.3, -0.25) is 9.36 Å². The van der Waals surface area contributed by atoms with Crippen LogP contribution in [0.1, 0.15) is 31.0 Å². The van der Waals surface area contributed by atoms with E-state index < -0.39 is 12.0 Å². The lowest BCUT2D eigenvalue weighted by molar-refractivity contribution is -0.139. The zero-order valence-electron chi connectivity index (χ0n) is 19.2. The van der Waals surface area contributed by atoms with E-state index >= 15 is 0 Å². The highest BCUT2D eigenvalue weighted by atomic mass is 32.1. The van der Waals surface area contributed by atoms with Crippen LogP contribution in [0.15, 0.2) is 63.5 Å². The number of carbonyl (C=O) groups excluding carboxylic acids is 1. The van der Waals surface area contributed by atoms with E-state index in [1.165, 1.54) is 29.1 Å². The number of aromatic hydroxyl groups is 1. The number of methoxy groups -OCH3 is 2. The molecule has 34 heavy (non-hydrogen) atoms. The van der Waals surface area contributed by atoms with Crippen molar-refractivity contribution in [1.82, 2.24) is 4.57 Å². The summed E-state index contributed by atoms with van der Waals surface area (Å²) >= 11 is 1.22. The third-order valence-electron chi connectivity index (χ3n) is 5.43. The summed E-state index contributed by atoms with van der Waals surface area (Å²) in [6.45, 7) is 3.67. The molecule has 0 aliphatic carbocycles. The van der Waals surface area contributed by atoms with Gasteiger partial charge in [0.2, 0.25) is 0 Å². The molecule has 2 aromatic carbocycles. The normalized spacial score (nSPS) is 15.5. The van der Waals surface area contributed by atoms with Gasteiger partial charge in [-0.25, -0.2) is 9.79 Å². The van der Waals surface area contributed by atoms with E-state index in [0.29, 0.717) is 43.2 Å². The van der Waals surface area contributed by atoms with Crippen molar-refractivity contribution in [2.24, 2.45) is 4.99 Å². The smallest absolute Gasteiger partial charge is 0.338 e. The first-order valence-electron chi connectivity index (χ1n) is 10.6. The maximum absolute atomic E-state index is 13.6. The number of benzene rings is 2. The van der Waals surface area contributed by atoms with Gasteiger partial charge in [-0.05, 0) is 55.3 Å². The van der Waals surface area contributed by atoms with Crippen molar-refractivity contribution in [3.05, 3.63) is 84.5 Å². The molecule has 0 radical (unpaired) electrons. The minimum Gasteiger partial charge on any atom is -0.504 e. The Morgan fingerprint density at radius 2 is 2.00 bits per heavy atom. The highest BCUT2D eigenvalue weighted by Crippen LogP contribution is 2.32. The van der Waals surface area contributed by atoms with Crippen LogP contribution < -0.4 is 24.4 Å². The first-order valence-corrected chi connectivity index (χ1v) is 11.4. The average Bonchev–Trinajstić information content (AvgIpc) is 3.13. The third kappa shape index (κ3) is 4.22. The number of ether oxygens (including phenoxy) is 3. The summed E-state index contributed by atoms with van der Waals surface area (Å²) in [7, 11) is 3.02. The molecule has 0 bridgehead atoms. The highest BCUT2D eigenvalue weighted by Gasteiger charge is 2.33. The van der Waals surface area contributed by atoms with Crippen LogP contribution >= 0.6 is 11.3 Å². The molecule has 0 spiro atoms. The zero-order valence-corrected chi connectivity index (χ0v) is 20.0. The monoisotopic (exact) mass is 480 g/mol. The molecule has 0 fully saturated rings. The minimum atomic E-state index is -0.720.